The molecule has 3 heterocycles. The van der Waals surface area contributed by atoms with Crippen LogP contribution in [0.5, 0.6) is 5.75 Å². The third-order valence-corrected chi connectivity index (χ3v) is 5.85. The number of ether oxygens (including phenoxy) is 2. The summed E-state index contributed by atoms with van der Waals surface area (Å²) in [6, 6.07) is 6.94. The molecular formula is C20H26BrN5O2. The maximum absolute atomic E-state index is 5.61. The lowest BCUT2D eigenvalue weighted by atomic mass is 10.0. The van der Waals surface area contributed by atoms with Gasteiger partial charge in [0.15, 0.2) is 0 Å². The van der Waals surface area contributed by atoms with E-state index in [-0.39, 0.29) is 0 Å². The SMILES string of the molecule is COc1cc(N2CCC(N3CCOCC3)CC2)ccc1Nc1ncc(Br)cn1. The highest BCUT2D eigenvalue weighted by atomic mass is 79.9. The smallest absolute Gasteiger partial charge is 0.227 e. The summed E-state index contributed by atoms with van der Waals surface area (Å²) in [4.78, 5) is 13.6. The summed E-state index contributed by atoms with van der Waals surface area (Å²) in [5.41, 5.74) is 2.05. The first-order valence-electron chi connectivity index (χ1n) is 9.72. The maximum Gasteiger partial charge on any atom is 0.227 e. The fraction of sp³-hybridized carbons (Fsp3) is 0.500. The molecule has 4 rings (SSSR count). The van der Waals surface area contributed by atoms with Gasteiger partial charge < -0.3 is 19.7 Å². The predicted molar refractivity (Wildman–Crippen MR) is 114 cm³/mol. The molecule has 7 nitrogen and oxygen atoms in total. The number of anilines is 3. The summed E-state index contributed by atoms with van der Waals surface area (Å²) in [5, 5.41) is 3.23. The van der Waals surface area contributed by atoms with Gasteiger partial charge in [-0.25, -0.2) is 9.97 Å². The first-order valence-corrected chi connectivity index (χ1v) is 10.5. The molecule has 28 heavy (non-hydrogen) atoms. The molecule has 0 bridgehead atoms. The minimum absolute atomic E-state index is 0.542. The quantitative estimate of drug-likeness (QED) is 0.753. The minimum Gasteiger partial charge on any atom is -0.494 e. The number of halogens is 1. The van der Waals surface area contributed by atoms with Gasteiger partial charge in [-0.15, -0.1) is 0 Å². The first-order chi connectivity index (χ1) is 13.7. The van der Waals surface area contributed by atoms with Crippen LogP contribution in [-0.2, 0) is 4.74 Å². The van der Waals surface area contributed by atoms with Crippen LogP contribution in [0.15, 0.2) is 35.1 Å². The highest BCUT2D eigenvalue weighted by Gasteiger charge is 2.26. The van der Waals surface area contributed by atoms with Crippen LogP contribution < -0.4 is 15.0 Å². The number of morpholine rings is 1. The Bertz CT molecular complexity index is 775. The molecule has 1 N–H and O–H groups in total. The Hall–Kier alpha value is -1.90. The van der Waals surface area contributed by atoms with Crippen molar-refractivity contribution in [2.75, 3.05) is 56.7 Å². The third kappa shape index (κ3) is 4.56. The van der Waals surface area contributed by atoms with Gasteiger partial charge in [-0.05, 0) is 40.9 Å². The van der Waals surface area contributed by atoms with E-state index < -0.39 is 0 Å². The van der Waals surface area contributed by atoms with Gasteiger partial charge in [-0.2, -0.15) is 0 Å². The lowest BCUT2D eigenvalue weighted by molar-refractivity contribution is 0.0115. The average Bonchev–Trinajstić information content (AvgIpc) is 2.76. The zero-order valence-corrected chi connectivity index (χ0v) is 17.7. The van der Waals surface area contributed by atoms with Crippen molar-refractivity contribution in [1.29, 1.82) is 0 Å². The molecule has 2 fully saturated rings. The van der Waals surface area contributed by atoms with Gasteiger partial charge in [0.2, 0.25) is 5.95 Å². The van der Waals surface area contributed by atoms with Crippen molar-refractivity contribution in [3.8, 4) is 5.75 Å². The van der Waals surface area contributed by atoms with Gasteiger partial charge in [0.05, 0.1) is 30.5 Å². The molecule has 0 unspecified atom stereocenters. The molecule has 2 saturated heterocycles. The Balaban J connectivity index is 1.40. The second kappa shape index (κ2) is 9.07. The van der Waals surface area contributed by atoms with E-state index in [9.17, 15) is 0 Å². The van der Waals surface area contributed by atoms with Crippen molar-refractivity contribution in [2.45, 2.75) is 18.9 Å². The fourth-order valence-electron chi connectivity index (χ4n) is 3.91. The van der Waals surface area contributed by atoms with E-state index in [2.05, 4.69) is 53.1 Å². The van der Waals surface area contributed by atoms with Crippen LogP contribution in [0.25, 0.3) is 0 Å². The lowest BCUT2D eigenvalue weighted by Crippen LogP contribution is -2.49. The molecule has 0 radical (unpaired) electrons. The summed E-state index contributed by atoms with van der Waals surface area (Å²) in [5.74, 6) is 1.33. The number of hydrogen-bond donors (Lipinski definition) is 1. The van der Waals surface area contributed by atoms with Crippen LogP contribution >= 0.6 is 15.9 Å². The summed E-state index contributed by atoms with van der Waals surface area (Å²) in [6.45, 7) is 6.00. The summed E-state index contributed by atoms with van der Waals surface area (Å²) >= 11 is 3.35. The van der Waals surface area contributed by atoms with Crippen molar-refractivity contribution < 1.29 is 9.47 Å². The van der Waals surface area contributed by atoms with E-state index in [1.54, 1.807) is 19.5 Å². The Morgan fingerprint density at radius 2 is 1.82 bits per heavy atom. The zero-order valence-electron chi connectivity index (χ0n) is 16.1. The van der Waals surface area contributed by atoms with Gasteiger partial charge in [0, 0.05) is 56.4 Å². The van der Waals surface area contributed by atoms with Crippen molar-refractivity contribution in [3.63, 3.8) is 0 Å². The van der Waals surface area contributed by atoms with Crippen LogP contribution in [0.4, 0.5) is 17.3 Å². The average molecular weight is 448 g/mol. The van der Waals surface area contributed by atoms with E-state index in [1.807, 2.05) is 6.07 Å². The summed E-state index contributed by atoms with van der Waals surface area (Å²) in [7, 11) is 1.69. The number of piperidine rings is 1. The predicted octanol–water partition coefficient (Wildman–Crippen LogP) is 3.29. The van der Waals surface area contributed by atoms with Crippen molar-refractivity contribution in [2.24, 2.45) is 0 Å². The van der Waals surface area contributed by atoms with E-state index in [0.29, 0.717) is 12.0 Å². The molecule has 150 valence electrons. The molecular weight excluding hydrogens is 422 g/mol. The van der Waals surface area contributed by atoms with Crippen LogP contribution in [0.3, 0.4) is 0 Å². The Morgan fingerprint density at radius 1 is 1.11 bits per heavy atom. The summed E-state index contributed by atoms with van der Waals surface area (Å²) in [6.07, 6.45) is 5.81. The molecule has 8 heteroatoms. The molecule has 2 aromatic rings. The number of methoxy groups -OCH3 is 1. The number of benzene rings is 1. The van der Waals surface area contributed by atoms with Crippen LogP contribution in [0.1, 0.15) is 12.8 Å². The van der Waals surface area contributed by atoms with Crippen molar-refractivity contribution >= 4 is 33.3 Å². The normalized spacial score (nSPS) is 18.9. The standard InChI is InChI=1S/C20H26BrN5O2/c1-27-19-12-17(2-3-18(19)24-20-22-13-15(21)14-23-20)25-6-4-16(5-7-25)26-8-10-28-11-9-26/h2-3,12-14,16H,4-11H2,1H3,(H,22,23,24). The number of nitrogens with one attached hydrogen (secondary N) is 1. The van der Waals surface area contributed by atoms with Gasteiger partial charge in [0.25, 0.3) is 0 Å². The maximum atomic E-state index is 5.61. The lowest BCUT2D eigenvalue weighted by Gasteiger charge is -2.40. The van der Waals surface area contributed by atoms with Crippen LogP contribution in [0.2, 0.25) is 0 Å². The highest BCUT2D eigenvalue weighted by molar-refractivity contribution is 9.10. The van der Waals surface area contributed by atoms with Gasteiger partial charge in [0.1, 0.15) is 5.75 Å². The number of rotatable bonds is 5. The van der Waals surface area contributed by atoms with Gasteiger partial charge >= 0.3 is 0 Å². The molecule has 0 spiro atoms. The van der Waals surface area contributed by atoms with Gasteiger partial charge in [-0.1, -0.05) is 0 Å². The molecule has 0 saturated carbocycles. The second-order valence-electron chi connectivity index (χ2n) is 7.10. The number of nitrogens with zero attached hydrogens (tertiary/aromatic N) is 4. The number of aromatic nitrogens is 2. The Labute approximate surface area is 174 Å². The first kappa shape index (κ1) is 19.4. The third-order valence-electron chi connectivity index (χ3n) is 5.44. The monoisotopic (exact) mass is 447 g/mol. The zero-order chi connectivity index (χ0) is 19.3. The molecule has 0 amide bonds. The number of hydrogen-bond acceptors (Lipinski definition) is 7. The molecule has 0 aliphatic carbocycles. The van der Waals surface area contributed by atoms with Crippen molar-refractivity contribution in [1.82, 2.24) is 14.9 Å². The van der Waals surface area contributed by atoms with E-state index in [1.165, 1.54) is 18.5 Å². The van der Waals surface area contributed by atoms with E-state index in [0.717, 1.165) is 55.3 Å². The summed E-state index contributed by atoms with van der Waals surface area (Å²) < 4.78 is 11.9. The van der Waals surface area contributed by atoms with Crippen molar-refractivity contribution in [3.05, 3.63) is 35.1 Å². The fourth-order valence-corrected chi connectivity index (χ4v) is 4.11. The van der Waals surface area contributed by atoms with E-state index in [4.69, 9.17) is 9.47 Å². The molecule has 0 atom stereocenters. The Kier molecular flexibility index (Phi) is 6.29. The molecule has 1 aromatic carbocycles. The highest BCUT2D eigenvalue weighted by Crippen LogP contribution is 2.33. The second-order valence-corrected chi connectivity index (χ2v) is 8.02. The molecule has 2 aliphatic heterocycles. The topological polar surface area (TPSA) is 62.8 Å². The largest absolute Gasteiger partial charge is 0.494 e. The van der Waals surface area contributed by atoms with Crippen LogP contribution in [-0.4, -0.2) is 67.4 Å². The van der Waals surface area contributed by atoms with Gasteiger partial charge in [-0.3, -0.25) is 4.90 Å². The Morgan fingerprint density at radius 3 is 2.50 bits per heavy atom. The van der Waals surface area contributed by atoms with Crippen LogP contribution in [0, 0.1) is 0 Å². The molecule has 1 aromatic heterocycles. The van der Waals surface area contributed by atoms with E-state index >= 15 is 0 Å². The molecule has 2 aliphatic rings. The minimum atomic E-state index is 0.542.